The standard InChI is InChI=1S/C13H15N3O/c1-10-12(4-3-7-15-10)17-13-6-5-11(8-14-2)9-16-13/h3-7,9,14H,8H2,1-2H3. The highest BCUT2D eigenvalue weighted by Crippen LogP contribution is 2.21. The fourth-order valence-corrected chi connectivity index (χ4v) is 1.47. The number of pyridine rings is 2. The number of nitrogens with zero attached hydrogens (tertiary/aromatic N) is 2. The van der Waals surface area contributed by atoms with Gasteiger partial charge in [0.25, 0.3) is 0 Å². The first kappa shape index (κ1) is 11.5. The van der Waals surface area contributed by atoms with Gasteiger partial charge < -0.3 is 10.1 Å². The summed E-state index contributed by atoms with van der Waals surface area (Å²) in [5, 5.41) is 3.07. The molecule has 4 nitrogen and oxygen atoms in total. The Morgan fingerprint density at radius 3 is 2.76 bits per heavy atom. The van der Waals surface area contributed by atoms with Crippen molar-refractivity contribution < 1.29 is 4.74 Å². The molecule has 2 aromatic heterocycles. The largest absolute Gasteiger partial charge is 0.437 e. The Bertz CT molecular complexity index is 482. The lowest BCUT2D eigenvalue weighted by Gasteiger charge is -2.07. The molecular weight excluding hydrogens is 214 g/mol. The third kappa shape index (κ3) is 3.01. The van der Waals surface area contributed by atoms with Gasteiger partial charge in [-0.25, -0.2) is 4.98 Å². The zero-order valence-corrected chi connectivity index (χ0v) is 9.97. The van der Waals surface area contributed by atoms with Gasteiger partial charge in [-0.15, -0.1) is 0 Å². The molecule has 0 unspecified atom stereocenters. The molecule has 4 heteroatoms. The number of nitrogens with one attached hydrogen (secondary N) is 1. The molecule has 0 aliphatic heterocycles. The van der Waals surface area contributed by atoms with E-state index in [9.17, 15) is 0 Å². The molecule has 2 rings (SSSR count). The number of aryl methyl sites for hydroxylation is 1. The second-order valence-corrected chi connectivity index (χ2v) is 3.72. The van der Waals surface area contributed by atoms with Crippen LogP contribution in [0.15, 0.2) is 36.7 Å². The molecule has 0 atom stereocenters. The average molecular weight is 229 g/mol. The summed E-state index contributed by atoms with van der Waals surface area (Å²) in [7, 11) is 1.91. The average Bonchev–Trinajstić information content (AvgIpc) is 2.35. The van der Waals surface area contributed by atoms with Crippen LogP contribution in [0.25, 0.3) is 0 Å². The quantitative estimate of drug-likeness (QED) is 0.873. The zero-order valence-electron chi connectivity index (χ0n) is 9.97. The van der Waals surface area contributed by atoms with Crippen molar-refractivity contribution in [2.75, 3.05) is 7.05 Å². The summed E-state index contributed by atoms with van der Waals surface area (Å²) in [6, 6.07) is 7.58. The maximum Gasteiger partial charge on any atom is 0.219 e. The topological polar surface area (TPSA) is 47.0 Å². The Kier molecular flexibility index (Phi) is 3.67. The number of hydrogen-bond donors (Lipinski definition) is 1. The molecule has 0 radical (unpaired) electrons. The van der Waals surface area contributed by atoms with Crippen LogP contribution in [0.5, 0.6) is 11.6 Å². The smallest absolute Gasteiger partial charge is 0.219 e. The Balaban J connectivity index is 2.11. The third-order valence-electron chi connectivity index (χ3n) is 2.35. The highest BCUT2D eigenvalue weighted by molar-refractivity contribution is 5.30. The molecule has 88 valence electrons. The molecular formula is C13H15N3O. The van der Waals surface area contributed by atoms with Crippen molar-refractivity contribution in [2.45, 2.75) is 13.5 Å². The van der Waals surface area contributed by atoms with Crippen LogP contribution in [0.2, 0.25) is 0 Å². The van der Waals surface area contributed by atoms with Crippen molar-refractivity contribution in [3.05, 3.63) is 47.9 Å². The van der Waals surface area contributed by atoms with Gasteiger partial charge in [0.15, 0.2) is 5.75 Å². The van der Waals surface area contributed by atoms with E-state index in [0.717, 1.165) is 23.6 Å². The predicted octanol–water partition coefficient (Wildman–Crippen LogP) is 2.30. The minimum absolute atomic E-state index is 0.584. The van der Waals surface area contributed by atoms with Crippen LogP contribution in [0, 0.1) is 6.92 Å². The summed E-state index contributed by atoms with van der Waals surface area (Å²) in [5.74, 6) is 1.32. The van der Waals surface area contributed by atoms with Crippen molar-refractivity contribution in [3.63, 3.8) is 0 Å². The molecule has 0 spiro atoms. The molecule has 0 aliphatic rings. The van der Waals surface area contributed by atoms with Gasteiger partial charge in [0, 0.05) is 25.0 Å². The van der Waals surface area contributed by atoms with Gasteiger partial charge in [0.1, 0.15) is 0 Å². The van der Waals surface area contributed by atoms with Gasteiger partial charge in [-0.05, 0) is 31.7 Å². The van der Waals surface area contributed by atoms with Gasteiger partial charge in [-0.2, -0.15) is 0 Å². The van der Waals surface area contributed by atoms with E-state index in [2.05, 4.69) is 15.3 Å². The first-order valence-electron chi connectivity index (χ1n) is 5.48. The molecule has 2 heterocycles. The summed E-state index contributed by atoms with van der Waals surface area (Å²) < 4.78 is 5.65. The fraction of sp³-hybridized carbons (Fsp3) is 0.231. The second-order valence-electron chi connectivity index (χ2n) is 3.72. The van der Waals surface area contributed by atoms with E-state index >= 15 is 0 Å². The van der Waals surface area contributed by atoms with Gasteiger partial charge in [0.05, 0.1) is 5.69 Å². The van der Waals surface area contributed by atoms with E-state index in [1.807, 2.05) is 38.2 Å². The van der Waals surface area contributed by atoms with E-state index in [0.29, 0.717) is 5.88 Å². The molecule has 17 heavy (non-hydrogen) atoms. The molecule has 1 N–H and O–H groups in total. The highest BCUT2D eigenvalue weighted by Gasteiger charge is 2.02. The number of aromatic nitrogens is 2. The minimum atomic E-state index is 0.584. The van der Waals surface area contributed by atoms with Crippen molar-refractivity contribution >= 4 is 0 Å². The van der Waals surface area contributed by atoms with Gasteiger partial charge in [0.2, 0.25) is 5.88 Å². The Hall–Kier alpha value is -1.94. The van der Waals surface area contributed by atoms with Gasteiger partial charge >= 0.3 is 0 Å². The van der Waals surface area contributed by atoms with Crippen LogP contribution in [0.3, 0.4) is 0 Å². The maximum atomic E-state index is 5.65. The van der Waals surface area contributed by atoms with Gasteiger partial charge in [-0.3, -0.25) is 4.98 Å². The lowest BCUT2D eigenvalue weighted by atomic mass is 10.3. The van der Waals surface area contributed by atoms with E-state index < -0.39 is 0 Å². The van der Waals surface area contributed by atoms with Crippen LogP contribution in [-0.2, 0) is 6.54 Å². The summed E-state index contributed by atoms with van der Waals surface area (Å²) in [6.07, 6.45) is 3.54. The third-order valence-corrected chi connectivity index (χ3v) is 2.35. The second kappa shape index (κ2) is 5.41. The first-order chi connectivity index (χ1) is 8.29. The molecule has 0 aromatic carbocycles. The fourth-order valence-electron chi connectivity index (χ4n) is 1.47. The lowest BCUT2D eigenvalue weighted by Crippen LogP contribution is -2.05. The van der Waals surface area contributed by atoms with E-state index in [-0.39, 0.29) is 0 Å². The molecule has 0 saturated heterocycles. The van der Waals surface area contributed by atoms with Crippen molar-refractivity contribution in [3.8, 4) is 11.6 Å². The molecule has 0 bridgehead atoms. The van der Waals surface area contributed by atoms with Crippen LogP contribution in [0.1, 0.15) is 11.3 Å². The molecule has 0 amide bonds. The number of hydrogen-bond acceptors (Lipinski definition) is 4. The first-order valence-corrected chi connectivity index (χ1v) is 5.48. The van der Waals surface area contributed by atoms with E-state index in [4.69, 9.17) is 4.74 Å². The number of ether oxygens (including phenoxy) is 1. The summed E-state index contributed by atoms with van der Waals surface area (Å²) >= 11 is 0. The molecule has 0 fully saturated rings. The lowest BCUT2D eigenvalue weighted by molar-refractivity contribution is 0.456. The van der Waals surface area contributed by atoms with Crippen LogP contribution >= 0.6 is 0 Å². The monoisotopic (exact) mass is 229 g/mol. The number of rotatable bonds is 4. The zero-order chi connectivity index (χ0) is 12.1. The van der Waals surface area contributed by atoms with E-state index in [1.165, 1.54) is 0 Å². The highest BCUT2D eigenvalue weighted by atomic mass is 16.5. The SMILES string of the molecule is CNCc1ccc(Oc2cccnc2C)nc1. The Morgan fingerprint density at radius 2 is 2.12 bits per heavy atom. The predicted molar refractivity (Wildman–Crippen MR) is 66.0 cm³/mol. The summed E-state index contributed by atoms with van der Waals surface area (Å²) in [5.41, 5.74) is 1.98. The van der Waals surface area contributed by atoms with Crippen LogP contribution < -0.4 is 10.1 Å². The summed E-state index contributed by atoms with van der Waals surface area (Å²) in [6.45, 7) is 2.71. The normalized spacial score (nSPS) is 10.2. The van der Waals surface area contributed by atoms with Gasteiger partial charge in [-0.1, -0.05) is 6.07 Å². The van der Waals surface area contributed by atoms with Crippen molar-refractivity contribution in [1.29, 1.82) is 0 Å². The molecule has 2 aromatic rings. The van der Waals surface area contributed by atoms with Crippen LogP contribution in [-0.4, -0.2) is 17.0 Å². The van der Waals surface area contributed by atoms with Crippen molar-refractivity contribution in [1.82, 2.24) is 15.3 Å². The summed E-state index contributed by atoms with van der Waals surface area (Å²) in [4.78, 5) is 8.40. The minimum Gasteiger partial charge on any atom is -0.437 e. The maximum absolute atomic E-state index is 5.65. The van der Waals surface area contributed by atoms with Crippen LogP contribution in [0.4, 0.5) is 0 Å². The van der Waals surface area contributed by atoms with Crippen molar-refractivity contribution in [2.24, 2.45) is 0 Å². The molecule has 0 saturated carbocycles. The van der Waals surface area contributed by atoms with E-state index in [1.54, 1.807) is 12.4 Å². The Labute approximate surface area is 101 Å². The molecule has 0 aliphatic carbocycles. The Morgan fingerprint density at radius 1 is 1.24 bits per heavy atom.